The maximum atomic E-state index is 11.6. The molecule has 0 saturated heterocycles. The number of aryl methyl sites for hydroxylation is 1. The van der Waals surface area contributed by atoms with Crippen LogP contribution in [0.3, 0.4) is 0 Å². The highest BCUT2D eigenvalue weighted by molar-refractivity contribution is 5.98. The average molecular weight is 245 g/mol. The Morgan fingerprint density at radius 1 is 1.28 bits per heavy atom. The molecule has 0 aliphatic carbocycles. The Labute approximate surface area is 105 Å². The molecule has 0 aliphatic heterocycles. The number of carbonyl (C=O) groups is 2. The number of nitrogens with zero attached hydrogens (tertiary/aromatic N) is 1. The zero-order chi connectivity index (χ0) is 13.3. The number of aromatic nitrogens is 1. The largest absolute Gasteiger partial charge is 0.424 e. The molecule has 0 radical (unpaired) electrons. The molecular formula is C14H15NO3. The topological polar surface area (TPSA) is 48.3 Å². The van der Waals surface area contributed by atoms with Crippen LogP contribution in [0.15, 0.2) is 24.4 Å². The predicted octanol–water partition coefficient (Wildman–Crippen LogP) is 2.79. The minimum absolute atomic E-state index is 0.105. The first-order valence-electron chi connectivity index (χ1n) is 5.87. The van der Waals surface area contributed by atoms with Crippen LogP contribution in [0.25, 0.3) is 10.9 Å². The summed E-state index contributed by atoms with van der Waals surface area (Å²) >= 11 is 0. The quantitative estimate of drug-likeness (QED) is 0.764. The smallest absolute Gasteiger partial charge is 0.308 e. The molecule has 0 bridgehead atoms. The van der Waals surface area contributed by atoms with Gasteiger partial charge in [-0.25, -0.2) is 0 Å². The minimum atomic E-state index is -0.386. The van der Waals surface area contributed by atoms with Crippen molar-refractivity contribution in [1.29, 1.82) is 0 Å². The van der Waals surface area contributed by atoms with Gasteiger partial charge in [-0.2, -0.15) is 0 Å². The van der Waals surface area contributed by atoms with Crippen molar-refractivity contribution in [3.63, 3.8) is 0 Å². The second kappa shape index (κ2) is 4.64. The molecule has 0 amide bonds. The summed E-state index contributed by atoms with van der Waals surface area (Å²) in [5.74, 6) is -0.0414. The standard InChI is InChI=1S/C14H15NO3/c1-4-11-6-5-7-12-14(11)13(18-10(3)17)8-15(12)9(2)16/h5-8H,4H2,1-3H3. The molecule has 0 fully saturated rings. The van der Waals surface area contributed by atoms with Crippen molar-refractivity contribution in [2.75, 3.05) is 0 Å². The van der Waals surface area contributed by atoms with Gasteiger partial charge < -0.3 is 4.74 Å². The van der Waals surface area contributed by atoms with Crippen LogP contribution in [0.4, 0.5) is 0 Å². The molecule has 1 aromatic heterocycles. The Kier molecular flexibility index (Phi) is 3.19. The van der Waals surface area contributed by atoms with Crippen molar-refractivity contribution < 1.29 is 14.3 Å². The van der Waals surface area contributed by atoms with Crippen molar-refractivity contribution in [2.45, 2.75) is 27.2 Å². The molecule has 2 rings (SSSR count). The van der Waals surface area contributed by atoms with Crippen LogP contribution in [0.2, 0.25) is 0 Å². The molecule has 0 atom stereocenters. The summed E-state index contributed by atoms with van der Waals surface area (Å²) in [5, 5.41) is 0.838. The summed E-state index contributed by atoms with van der Waals surface area (Å²) < 4.78 is 6.70. The van der Waals surface area contributed by atoms with Gasteiger partial charge in [0.05, 0.1) is 11.7 Å². The fourth-order valence-corrected chi connectivity index (χ4v) is 2.11. The molecule has 0 N–H and O–H groups in total. The SMILES string of the molecule is CCc1cccc2c1c(OC(C)=O)cn2C(C)=O. The monoisotopic (exact) mass is 245 g/mol. The highest BCUT2D eigenvalue weighted by atomic mass is 16.5. The van der Waals surface area contributed by atoms with Crippen molar-refractivity contribution in [2.24, 2.45) is 0 Å². The lowest BCUT2D eigenvalue weighted by Gasteiger charge is -2.03. The Hall–Kier alpha value is -2.10. The molecular weight excluding hydrogens is 230 g/mol. The highest BCUT2D eigenvalue weighted by Crippen LogP contribution is 2.31. The second-order valence-electron chi connectivity index (χ2n) is 4.14. The van der Waals surface area contributed by atoms with E-state index in [1.54, 1.807) is 6.20 Å². The van der Waals surface area contributed by atoms with Crippen LogP contribution >= 0.6 is 0 Å². The van der Waals surface area contributed by atoms with E-state index in [1.807, 2.05) is 25.1 Å². The molecule has 18 heavy (non-hydrogen) atoms. The summed E-state index contributed by atoms with van der Waals surface area (Å²) in [6.07, 6.45) is 2.39. The maximum Gasteiger partial charge on any atom is 0.308 e. The lowest BCUT2D eigenvalue weighted by atomic mass is 10.1. The van der Waals surface area contributed by atoms with Crippen LogP contribution in [-0.2, 0) is 11.2 Å². The Morgan fingerprint density at radius 3 is 2.56 bits per heavy atom. The molecule has 4 heteroatoms. The number of ether oxygens (including phenoxy) is 1. The normalized spacial score (nSPS) is 10.6. The fraction of sp³-hybridized carbons (Fsp3) is 0.286. The first-order valence-corrected chi connectivity index (χ1v) is 5.87. The minimum Gasteiger partial charge on any atom is -0.424 e. The summed E-state index contributed by atoms with van der Waals surface area (Å²) in [5.41, 5.74) is 1.84. The molecule has 0 spiro atoms. The lowest BCUT2D eigenvalue weighted by Crippen LogP contribution is -2.03. The first kappa shape index (κ1) is 12.4. The van der Waals surface area contributed by atoms with Crippen LogP contribution in [0.5, 0.6) is 5.75 Å². The van der Waals surface area contributed by atoms with Gasteiger partial charge in [0.15, 0.2) is 5.75 Å². The fourth-order valence-electron chi connectivity index (χ4n) is 2.11. The van der Waals surface area contributed by atoms with E-state index >= 15 is 0 Å². The van der Waals surface area contributed by atoms with Crippen LogP contribution < -0.4 is 4.74 Å². The van der Waals surface area contributed by atoms with Gasteiger partial charge in [0.1, 0.15) is 0 Å². The second-order valence-corrected chi connectivity index (χ2v) is 4.14. The van der Waals surface area contributed by atoms with Crippen LogP contribution in [0.1, 0.15) is 31.1 Å². The molecule has 0 unspecified atom stereocenters. The number of fused-ring (bicyclic) bond motifs is 1. The summed E-state index contributed by atoms with van der Waals surface area (Å²) in [6.45, 7) is 4.86. The lowest BCUT2D eigenvalue weighted by molar-refractivity contribution is -0.131. The predicted molar refractivity (Wildman–Crippen MR) is 68.9 cm³/mol. The summed E-state index contributed by atoms with van der Waals surface area (Å²) in [6, 6.07) is 5.72. The van der Waals surface area contributed by atoms with Crippen molar-refractivity contribution >= 4 is 22.8 Å². The molecule has 1 heterocycles. The van der Waals surface area contributed by atoms with E-state index in [2.05, 4.69) is 0 Å². The van der Waals surface area contributed by atoms with Crippen LogP contribution in [-0.4, -0.2) is 16.4 Å². The molecule has 94 valence electrons. The zero-order valence-corrected chi connectivity index (χ0v) is 10.7. The van der Waals surface area contributed by atoms with Gasteiger partial charge in [0, 0.05) is 19.2 Å². The van der Waals surface area contributed by atoms with Gasteiger partial charge in [-0.1, -0.05) is 19.1 Å². The number of rotatable bonds is 2. The van der Waals surface area contributed by atoms with Gasteiger partial charge in [-0.05, 0) is 18.1 Å². The van der Waals surface area contributed by atoms with E-state index < -0.39 is 0 Å². The van der Waals surface area contributed by atoms with E-state index in [-0.39, 0.29) is 11.9 Å². The van der Waals surface area contributed by atoms with Gasteiger partial charge >= 0.3 is 5.97 Å². The molecule has 4 nitrogen and oxygen atoms in total. The number of benzene rings is 1. The summed E-state index contributed by atoms with van der Waals surface area (Å²) in [4.78, 5) is 22.7. The Balaban J connectivity index is 2.76. The van der Waals surface area contributed by atoms with Gasteiger partial charge in [-0.15, -0.1) is 0 Å². The van der Waals surface area contributed by atoms with E-state index in [1.165, 1.54) is 18.4 Å². The van der Waals surface area contributed by atoms with Crippen molar-refractivity contribution in [3.8, 4) is 5.75 Å². The maximum absolute atomic E-state index is 11.6. The van der Waals surface area contributed by atoms with Crippen molar-refractivity contribution in [3.05, 3.63) is 30.0 Å². The van der Waals surface area contributed by atoms with Gasteiger partial charge in [0.25, 0.3) is 0 Å². The van der Waals surface area contributed by atoms with E-state index in [9.17, 15) is 9.59 Å². The summed E-state index contributed by atoms with van der Waals surface area (Å²) in [7, 11) is 0. The third-order valence-corrected chi connectivity index (χ3v) is 2.85. The number of carbonyl (C=O) groups excluding carboxylic acids is 2. The van der Waals surface area contributed by atoms with Gasteiger partial charge in [0.2, 0.25) is 5.91 Å². The van der Waals surface area contributed by atoms with E-state index in [4.69, 9.17) is 4.74 Å². The highest BCUT2D eigenvalue weighted by Gasteiger charge is 2.15. The zero-order valence-electron chi connectivity index (χ0n) is 10.7. The number of esters is 1. The average Bonchev–Trinajstić information content (AvgIpc) is 2.67. The van der Waals surface area contributed by atoms with E-state index in [0.29, 0.717) is 5.75 Å². The molecule has 1 aromatic carbocycles. The molecule has 0 saturated carbocycles. The Bertz CT molecular complexity index is 625. The van der Waals surface area contributed by atoms with E-state index in [0.717, 1.165) is 22.9 Å². The third-order valence-electron chi connectivity index (χ3n) is 2.85. The molecule has 2 aromatic rings. The van der Waals surface area contributed by atoms with Crippen LogP contribution in [0, 0.1) is 0 Å². The number of hydrogen-bond acceptors (Lipinski definition) is 3. The molecule has 0 aliphatic rings. The van der Waals surface area contributed by atoms with Crippen molar-refractivity contribution in [1.82, 2.24) is 4.57 Å². The first-order chi connectivity index (χ1) is 8.54. The van der Waals surface area contributed by atoms with Gasteiger partial charge in [-0.3, -0.25) is 14.2 Å². The Morgan fingerprint density at radius 2 is 2.00 bits per heavy atom. The third kappa shape index (κ3) is 2.01. The number of hydrogen-bond donors (Lipinski definition) is 0.